The van der Waals surface area contributed by atoms with Gasteiger partial charge in [-0.3, -0.25) is 10.1 Å². The molecule has 0 aromatic carbocycles. The summed E-state index contributed by atoms with van der Waals surface area (Å²) in [5.41, 5.74) is 0.114. The smallest absolute Gasteiger partial charge is 0.258 e. The maximum atomic E-state index is 11.4. The molecule has 1 amide bonds. The molecule has 0 fully saturated rings. The zero-order valence-corrected chi connectivity index (χ0v) is 9.33. The number of aromatic nitrogens is 2. The number of hydrogen-bond donors (Lipinski definition) is 2. The molecule has 1 heterocycles. The van der Waals surface area contributed by atoms with Crippen molar-refractivity contribution in [2.45, 2.75) is 33.3 Å². The highest BCUT2D eigenvalue weighted by Crippen LogP contribution is 2.07. The van der Waals surface area contributed by atoms with Gasteiger partial charge in [-0.1, -0.05) is 0 Å². The monoisotopic (exact) mass is 209 g/mol. The van der Waals surface area contributed by atoms with Crippen LogP contribution in [0.1, 0.15) is 25.2 Å². The van der Waals surface area contributed by atoms with Gasteiger partial charge in [-0.2, -0.15) is 0 Å². The standard InChI is InChI=1S/C10H15N3O2/c1-6-5-7(2)12-9(11-6)13-8(14)10(3,4)15/h5,15H,1-4H3,(H,11,12,13,14). The van der Waals surface area contributed by atoms with Crippen LogP contribution in [0.4, 0.5) is 5.95 Å². The van der Waals surface area contributed by atoms with Crippen LogP contribution in [0.25, 0.3) is 0 Å². The van der Waals surface area contributed by atoms with Crippen molar-refractivity contribution in [3.8, 4) is 0 Å². The topological polar surface area (TPSA) is 75.1 Å². The van der Waals surface area contributed by atoms with E-state index in [0.717, 1.165) is 11.4 Å². The molecule has 0 spiro atoms. The van der Waals surface area contributed by atoms with E-state index in [1.807, 2.05) is 13.8 Å². The number of carbonyl (C=O) groups excluding carboxylic acids is 1. The summed E-state index contributed by atoms with van der Waals surface area (Å²) in [6.45, 7) is 6.44. The van der Waals surface area contributed by atoms with Gasteiger partial charge in [-0.25, -0.2) is 9.97 Å². The van der Waals surface area contributed by atoms with Crippen molar-refractivity contribution in [1.82, 2.24) is 9.97 Å². The van der Waals surface area contributed by atoms with Crippen LogP contribution in [-0.4, -0.2) is 26.6 Å². The molecule has 1 aromatic rings. The second kappa shape index (κ2) is 3.94. The SMILES string of the molecule is Cc1cc(C)nc(NC(=O)C(C)(C)O)n1. The molecule has 0 unspecified atom stereocenters. The Morgan fingerprint density at radius 3 is 2.20 bits per heavy atom. The molecule has 0 aliphatic carbocycles. The average Bonchev–Trinajstić information content (AvgIpc) is 1.99. The Morgan fingerprint density at radius 1 is 1.33 bits per heavy atom. The Labute approximate surface area is 88.6 Å². The molecule has 1 rings (SSSR count). The van der Waals surface area contributed by atoms with Crippen LogP contribution in [0.2, 0.25) is 0 Å². The minimum absolute atomic E-state index is 0.222. The number of rotatable bonds is 2. The lowest BCUT2D eigenvalue weighted by Gasteiger charge is -2.15. The van der Waals surface area contributed by atoms with Crippen molar-refractivity contribution < 1.29 is 9.90 Å². The van der Waals surface area contributed by atoms with Gasteiger partial charge in [0.25, 0.3) is 5.91 Å². The van der Waals surface area contributed by atoms with Crippen LogP contribution in [-0.2, 0) is 4.79 Å². The highest BCUT2D eigenvalue weighted by Gasteiger charge is 2.24. The van der Waals surface area contributed by atoms with Crippen molar-refractivity contribution in [3.05, 3.63) is 17.5 Å². The van der Waals surface area contributed by atoms with Crippen molar-refractivity contribution in [3.63, 3.8) is 0 Å². The lowest BCUT2D eigenvalue weighted by Crippen LogP contribution is -2.37. The third-order valence-electron chi connectivity index (χ3n) is 1.76. The van der Waals surface area contributed by atoms with Crippen LogP contribution in [0, 0.1) is 13.8 Å². The fourth-order valence-corrected chi connectivity index (χ4v) is 1.04. The van der Waals surface area contributed by atoms with Gasteiger partial charge in [0, 0.05) is 11.4 Å². The summed E-state index contributed by atoms with van der Waals surface area (Å²) in [6.07, 6.45) is 0. The van der Waals surface area contributed by atoms with E-state index >= 15 is 0 Å². The fraction of sp³-hybridized carbons (Fsp3) is 0.500. The molecular weight excluding hydrogens is 194 g/mol. The normalized spacial score (nSPS) is 11.3. The number of aliphatic hydroxyl groups is 1. The molecule has 0 aliphatic rings. The molecular formula is C10H15N3O2. The van der Waals surface area contributed by atoms with Crippen LogP contribution >= 0.6 is 0 Å². The van der Waals surface area contributed by atoms with E-state index in [1.54, 1.807) is 6.07 Å². The first-order valence-corrected chi connectivity index (χ1v) is 4.65. The van der Waals surface area contributed by atoms with E-state index in [0.29, 0.717) is 0 Å². The van der Waals surface area contributed by atoms with Gasteiger partial charge < -0.3 is 5.11 Å². The predicted molar refractivity (Wildman–Crippen MR) is 56.4 cm³/mol. The molecule has 5 heteroatoms. The highest BCUT2D eigenvalue weighted by molar-refractivity contribution is 5.95. The molecule has 1 aromatic heterocycles. The van der Waals surface area contributed by atoms with E-state index in [2.05, 4.69) is 15.3 Å². The number of nitrogens with one attached hydrogen (secondary N) is 1. The van der Waals surface area contributed by atoms with E-state index < -0.39 is 11.5 Å². The van der Waals surface area contributed by atoms with E-state index in [-0.39, 0.29) is 5.95 Å². The Morgan fingerprint density at radius 2 is 1.80 bits per heavy atom. The van der Waals surface area contributed by atoms with Gasteiger partial charge in [0.2, 0.25) is 5.95 Å². The minimum atomic E-state index is -1.43. The third-order valence-corrected chi connectivity index (χ3v) is 1.76. The van der Waals surface area contributed by atoms with Crippen LogP contribution in [0.15, 0.2) is 6.07 Å². The summed E-state index contributed by atoms with van der Waals surface area (Å²) in [5.74, 6) is -0.299. The first kappa shape index (κ1) is 11.6. The summed E-state index contributed by atoms with van der Waals surface area (Å²) < 4.78 is 0. The van der Waals surface area contributed by atoms with Crippen LogP contribution in [0.5, 0.6) is 0 Å². The number of amides is 1. The molecule has 0 bridgehead atoms. The Hall–Kier alpha value is -1.49. The third kappa shape index (κ3) is 3.28. The summed E-state index contributed by atoms with van der Waals surface area (Å²) in [6, 6.07) is 1.81. The molecule has 2 N–H and O–H groups in total. The number of carbonyl (C=O) groups is 1. The predicted octanol–water partition coefficient (Wildman–Crippen LogP) is 0.803. The van der Waals surface area contributed by atoms with Crippen molar-refractivity contribution in [1.29, 1.82) is 0 Å². The van der Waals surface area contributed by atoms with Crippen molar-refractivity contribution in [2.24, 2.45) is 0 Å². The van der Waals surface area contributed by atoms with Gasteiger partial charge >= 0.3 is 0 Å². The quantitative estimate of drug-likeness (QED) is 0.755. The highest BCUT2D eigenvalue weighted by atomic mass is 16.3. The van der Waals surface area contributed by atoms with Gasteiger partial charge in [0.05, 0.1) is 0 Å². The molecule has 5 nitrogen and oxygen atoms in total. The fourth-order valence-electron chi connectivity index (χ4n) is 1.04. The summed E-state index contributed by atoms with van der Waals surface area (Å²) >= 11 is 0. The van der Waals surface area contributed by atoms with Gasteiger partial charge in [-0.05, 0) is 33.8 Å². The summed E-state index contributed by atoms with van der Waals surface area (Å²) in [5, 5.41) is 11.9. The number of anilines is 1. The average molecular weight is 209 g/mol. The first-order chi connectivity index (χ1) is 6.79. The van der Waals surface area contributed by atoms with Crippen LogP contribution in [0.3, 0.4) is 0 Å². The lowest BCUT2D eigenvalue weighted by atomic mass is 10.1. The molecule has 82 valence electrons. The zero-order valence-electron chi connectivity index (χ0n) is 9.33. The molecule has 0 saturated carbocycles. The second-order valence-corrected chi connectivity index (χ2v) is 3.99. The summed E-state index contributed by atoms with van der Waals surface area (Å²) in [7, 11) is 0. The van der Waals surface area contributed by atoms with Gasteiger partial charge in [-0.15, -0.1) is 0 Å². The first-order valence-electron chi connectivity index (χ1n) is 4.65. The van der Waals surface area contributed by atoms with Crippen molar-refractivity contribution >= 4 is 11.9 Å². The Bertz CT molecular complexity index is 362. The number of aryl methyl sites for hydroxylation is 2. The zero-order chi connectivity index (χ0) is 11.6. The van der Waals surface area contributed by atoms with E-state index in [9.17, 15) is 9.90 Å². The van der Waals surface area contributed by atoms with E-state index in [1.165, 1.54) is 13.8 Å². The van der Waals surface area contributed by atoms with Crippen LogP contribution < -0.4 is 5.32 Å². The van der Waals surface area contributed by atoms with Gasteiger partial charge in [0.1, 0.15) is 5.60 Å². The van der Waals surface area contributed by atoms with Crippen molar-refractivity contribution in [2.75, 3.05) is 5.32 Å². The largest absolute Gasteiger partial charge is 0.381 e. The molecule has 0 atom stereocenters. The maximum absolute atomic E-state index is 11.4. The summed E-state index contributed by atoms with van der Waals surface area (Å²) in [4.78, 5) is 19.5. The number of hydrogen-bond acceptors (Lipinski definition) is 4. The van der Waals surface area contributed by atoms with Gasteiger partial charge in [0.15, 0.2) is 0 Å². The maximum Gasteiger partial charge on any atom is 0.258 e. The second-order valence-electron chi connectivity index (χ2n) is 3.99. The Balaban J connectivity index is 2.86. The number of nitrogens with zero attached hydrogens (tertiary/aromatic N) is 2. The minimum Gasteiger partial charge on any atom is -0.381 e. The van der Waals surface area contributed by atoms with E-state index in [4.69, 9.17) is 0 Å². The Kier molecular flexibility index (Phi) is 3.04. The molecule has 0 aliphatic heterocycles. The lowest BCUT2D eigenvalue weighted by molar-refractivity contribution is -0.130. The molecule has 0 saturated heterocycles. The molecule has 0 radical (unpaired) electrons. The molecule has 15 heavy (non-hydrogen) atoms.